The molecule has 1 atom stereocenters. The second-order valence-corrected chi connectivity index (χ2v) is 4.58. The molecule has 2 N–H and O–H groups in total. The molecule has 0 aromatic carbocycles. The van der Waals surface area contributed by atoms with E-state index in [1.54, 1.807) is 6.20 Å². The molecule has 1 aromatic heterocycles. The zero-order valence-corrected chi connectivity index (χ0v) is 11.3. The SMILES string of the molecule is Cn1ccnc1CCNC(=O)N1CCOC(C(=O)O)C1. The van der Waals surface area contributed by atoms with E-state index in [2.05, 4.69) is 10.3 Å². The van der Waals surface area contributed by atoms with Crippen LogP contribution < -0.4 is 5.32 Å². The Morgan fingerprint density at radius 2 is 2.40 bits per heavy atom. The van der Waals surface area contributed by atoms with Crippen LogP contribution in [0.25, 0.3) is 0 Å². The first-order valence-electron chi connectivity index (χ1n) is 6.41. The van der Waals surface area contributed by atoms with E-state index in [1.165, 1.54) is 4.90 Å². The molecule has 8 nitrogen and oxygen atoms in total. The molecule has 1 saturated heterocycles. The number of amides is 2. The van der Waals surface area contributed by atoms with Crippen molar-refractivity contribution < 1.29 is 19.4 Å². The number of carbonyl (C=O) groups is 2. The monoisotopic (exact) mass is 282 g/mol. The molecule has 1 aromatic rings. The summed E-state index contributed by atoms with van der Waals surface area (Å²) in [5.41, 5.74) is 0. The van der Waals surface area contributed by atoms with Gasteiger partial charge in [0, 0.05) is 39.0 Å². The number of ether oxygens (including phenoxy) is 1. The molecule has 8 heteroatoms. The summed E-state index contributed by atoms with van der Waals surface area (Å²) in [6.45, 7) is 1.17. The van der Waals surface area contributed by atoms with Crippen LogP contribution in [0.1, 0.15) is 5.82 Å². The minimum atomic E-state index is -1.05. The molecule has 1 aliphatic rings. The fraction of sp³-hybridized carbons (Fsp3) is 0.583. The van der Waals surface area contributed by atoms with E-state index >= 15 is 0 Å². The average molecular weight is 282 g/mol. The fourth-order valence-corrected chi connectivity index (χ4v) is 2.01. The van der Waals surface area contributed by atoms with Crippen molar-refractivity contribution in [3.63, 3.8) is 0 Å². The first-order chi connectivity index (χ1) is 9.58. The van der Waals surface area contributed by atoms with E-state index in [1.807, 2.05) is 17.8 Å². The minimum Gasteiger partial charge on any atom is -0.479 e. The number of aromatic nitrogens is 2. The number of carboxylic acids is 1. The van der Waals surface area contributed by atoms with Gasteiger partial charge in [-0.05, 0) is 0 Å². The second-order valence-electron chi connectivity index (χ2n) is 4.58. The van der Waals surface area contributed by atoms with Gasteiger partial charge in [-0.15, -0.1) is 0 Å². The Labute approximate surface area is 116 Å². The molecule has 0 aliphatic carbocycles. The Hall–Kier alpha value is -2.09. The number of carbonyl (C=O) groups excluding carboxylic acids is 1. The van der Waals surface area contributed by atoms with Crippen LogP contribution >= 0.6 is 0 Å². The Morgan fingerprint density at radius 1 is 1.60 bits per heavy atom. The van der Waals surface area contributed by atoms with Gasteiger partial charge < -0.3 is 24.6 Å². The molecule has 2 rings (SSSR count). The van der Waals surface area contributed by atoms with Crippen molar-refractivity contribution >= 4 is 12.0 Å². The highest BCUT2D eigenvalue weighted by atomic mass is 16.5. The van der Waals surface area contributed by atoms with Crippen LogP contribution in [0.2, 0.25) is 0 Å². The molecule has 0 radical (unpaired) electrons. The van der Waals surface area contributed by atoms with Crippen molar-refractivity contribution in [2.24, 2.45) is 7.05 Å². The van der Waals surface area contributed by atoms with Crippen LogP contribution in [0, 0.1) is 0 Å². The molecular formula is C12H18N4O4. The van der Waals surface area contributed by atoms with Crippen molar-refractivity contribution in [2.75, 3.05) is 26.2 Å². The van der Waals surface area contributed by atoms with E-state index < -0.39 is 12.1 Å². The van der Waals surface area contributed by atoms with Crippen LogP contribution in [-0.2, 0) is 23.0 Å². The number of carboxylic acid groups (broad SMARTS) is 1. The molecule has 110 valence electrons. The number of nitrogens with zero attached hydrogens (tertiary/aromatic N) is 3. The van der Waals surface area contributed by atoms with Crippen LogP contribution in [0.4, 0.5) is 4.79 Å². The number of aryl methyl sites for hydroxylation is 1. The summed E-state index contributed by atoms with van der Waals surface area (Å²) < 4.78 is 6.95. The van der Waals surface area contributed by atoms with Gasteiger partial charge >= 0.3 is 12.0 Å². The predicted molar refractivity (Wildman–Crippen MR) is 69.3 cm³/mol. The van der Waals surface area contributed by atoms with E-state index in [4.69, 9.17) is 9.84 Å². The number of morpholine rings is 1. The van der Waals surface area contributed by atoms with Crippen LogP contribution in [0.5, 0.6) is 0 Å². The predicted octanol–water partition coefficient (Wildman–Crippen LogP) is -0.542. The highest BCUT2D eigenvalue weighted by molar-refractivity contribution is 5.77. The largest absolute Gasteiger partial charge is 0.479 e. The maximum Gasteiger partial charge on any atom is 0.334 e. The van der Waals surface area contributed by atoms with Gasteiger partial charge in [-0.1, -0.05) is 0 Å². The van der Waals surface area contributed by atoms with Crippen molar-refractivity contribution in [1.29, 1.82) is 0 Å². The number of imidazole rings is 1. The highest BCUT2D eigenvalue weighted by Gasteiger charge is 2.28. The molecule has 0 saturated carbocycles. The lowest BCUT2D eigenvalue weighted by molar-refractivity contribution is -0.154. The summed E-state index contributed by atoms with van der Waals surface area (Å²) in [6, 6.07) is -0.270. The first-order valence-corrected chi connectivity index (χ1v) is 6.41. The summed E-state index contributed by atoms with van der Waals surface area (Å²) in [7, 11) is 1.89. The van der Waals surface area contributed by atoms with Gasteiger partial charge in [0.1, 0.15) is 5.82 Å². The third kappa shape index (κ3) is 3.47. The molecule has 2 amide bonds. The zero-order valence-electron chi connectivity index (χ0n) is 11.3. The van der Waals surface area contributed by atoms with Gasteiger partial charge in [0.15, 0.2) is 6.10 Å². The first kappa shape index (κ1) is 14.3. The van der Waals surface area contributed by atoms with Crippen LogP contribution in [0.3, 0.4) is 0 Å². The summed E-state index contributed by atoms with van der Waals surface area (Å²) in [5.74, 6) is -0.161. The highest BCUT2D eigenvalue weighted by Crippen LogP contribution is 2.05. The summed E-state index contributed by atoms with van der Waals surface area (Å²) in [6.07, 6.45) is 3.24. The molecule has 0 bridgehead atoms. The minimum absolute atomic E-state index is 0.0730. The number of hydrogen-bond acceptors (Lipinski definition) is 4. The Morgan fingerprint density at radius 3 is 3.05 bits per heavy atom. The zero-order chi connectivity index (χ0) is 14.5. The van der Waals surface area contributed by atoms with Crippen molar-refractivity contribution in [3.05, 3.63) is 18.2 Å². The third-order valence-electron chi connectivity index (χ3n) is 3.17. The molecule has 2 heterocycles. The summed E-state index contributed by atoms with van der Waals surface area (Å²) in [4.78, 5) is 28.4. The second kappa shape index (κ2) is 6.38. The number of aliphatic carboxylic acids is 1. The quantitative estimate of drug-likeness (QED) is 0.773. The Kier molecular flexibility index (Phi) is 4.57. The molecule has 0 spiro atoms. The van der Waals surface area contributed by atoms with Crippen molar-refractivity contribution in [2.45, 2.75) is 12.5 Å². The molecule has 1 aliphatic heterocycles. The van der Waals surface area contributed by atoms with Gasteiger partial charge in [-0.3, -0.25) is 0 Å². The molecule has 20 heavy (non-hydrogen) atoms. The molecule has 1 unspecified atom stereocenters. The number of hydrogen-bond donors (Lipinski definition) is 2. The van der Waals surface area contributed by atoms with Gasteiger partial charge in [-0.2, -0.15) is 0 Å². The van der Waals surface area contributed by atoms with E-state index in [-0.39, 0.29) is 19.2 Å². The van der Waals surface area contributed by atoms with Gasteiger partial charge in [0.05, 0.1) is 13.2 Å². The lowest BCUT2D eigenvalue weighted by Crippen LogP contribution is -2.52. The summed E-state index contributed by atoms with van der Waals surface area (Å²) in [5, 5.41) is 11.6. The average Bonchev–Trinajstić information content (AvgIpc) is 2.84. The van der Waals surface area contributed by atoms with E-state index in [9.17, 15) is 9.59 Å². The Bertz CT molecular complexity index is 488. The van der Waals surface area contributed by atoms with Gasteiger partial charge in [0.2, 0.25) is 0 Å². The lowest BCUT2D eigenvalue weighted by atomic mass is 10.3. The van der Waals surface area contributed by atoms with Crippen LogP contribution in [-0.4, -0.2) is 63.9 Å². The normalized spacial score (nSPS) is 18.9. The van der Waals surface area contributed by atoms with E-state index in [0.717, 1.165) is 5.82 Å². The fourth-order valence-electron chi connectivity index (χ4n) is 2.01. The summed E-state index contributed by atoms with van der Waals surface area (Å²) >= 11 is 0. The Balaban J connectivity index is 1.77. The van der Waals surface area contributed by atoms with Gasteiger partial charge in [0.25, 0.3) is 0 Å². The van der Waals surface area contributed by atoms with Crippen molar-refractivity contribution in [1.82, 2.24) is 19.8 Å². The standard InChI is InChI=1S/C12H18N4O4/c1-15-5-4-13-10(15)2-3-14-12(19)16-6-7-20-9(8-16)11(17)18/h4-5,9H,2-3,6-8H2,1H3,(H,14,19)(H,17,18). The molecular weight excluding hydrogens is 264 g/mol. The maximum absolute atomic E-state index is 11.9. The smallest absolute Gasteiger partial charge is 0.334 e. The van der Waals surface area contributed by atoms with Crippen molar-refractivity contribution in [3.8, 4) is 0 Å². The maximum atomic E-state index is 11.9. The third-order valence-corrected chi connectivity index (χ3v) is 3.17. The van der Waals surface area contributed by atoms with Crippen LogP contribution in [0.15, 0.2) is 12.4 Å². The lowest BCUT2D eigenvalue weighted by Gasteiger charge is -2.30. The van der Waals surface area contributed by atoms with E-state index in [0.29, 0.717) is 19.5 Å². The topological polar surface area (TPSA) is 96.7 Å². The van der Waals surface area contributed by atoms with Gasteiger partial charge in [-0.25, -0.2) is 14.6 Å². The number of nitrogens with one attached hydrogen (secondary N) is 1. The molecule has 1 fully saturated rings. The number of urea groups is 1. The number of rotatable bonds is 4.